The molecule has 9 nitrogen and oxygen atoms in total. The normalized spacial score (nSPS) is 14.0. The number of para-hydroxylation sites is 1. The van der Waals surface area contributed by atoms with Crippen molar-refractivity contribution >= 4 is 45.2 Å². The van der Waals surface area contributed by atoms with Crippen LogP contribution in [0.5, 0.6) is 0 Å². The zero-order valence-electron chi connectivity index (χ0n) is 15.8. The summed E-state index contributed by atoms with van der Waals surface area (Å²) in [7, 11) is -4.05. The third kappa shape index (κ3) is 4.24. The van der Waals surface area contributed by atoms with E-state index < -0.39 is 34.0 Å². The number of rotatable bonds is 5. The standard InChI is InChI=1S/C19H18ClN3O6S/c1-11(17(24)22-19(21)26)29-18(25)13-6-7-14(20)16(10-13)30(27,28)23-9-8-12-4-2-3-5-15(12)23/h2-7,10-11H,8-9H2,1H3,(H3,21,22,24,26)/t11-/m0/s1. The van der Waals surface area contributed by atoms with Crippen molar-refractivity contribution < 1.29 is 27.5 Å². The third-order valence-corrected chi connectivity index (χ3v) is 6.77. The van der Waals surface area contributed by atoms with Gasteiger partial charge < -0.3 is 10.5 Å². The molecule has 1 heterocycles. The summed E-state index contributed by atoms with van der Waals surface area (Å²) in [5, 5.41) is 1.73. The maximum atomic E-state index is 13.2. The van der Waals surface area contributed by atoms with Crippen LogP contribution in [0.4, 0.5) is 10.5 Å². The van der Waals surface area contributed by atoms with Crippen molar-refractivity contribution in [2.24, 2.45) is 5.73 Å². The largest absolute Gasteiger partial charge is 0.449 e. The highest BCUT2D eigenvalue weighted by atomic mass is 35.5. The van der Waals surface area contributed by atoms with Crippen molar-refractivity contribution in [1.82, 2.24) is 5.32 Å². The Bertz CT molecular complexity index is 1130. The Morgan fingerprint density at radius 2 is 1.90 bits per heavy atom. The summed E-state index contributed by atoms with van der Waals surface area (Å²) < 4.78 is 32.7. The van der Waals surface area contributed by atoms with Crippen LogP contribution in [0, 0.1) is 0 Å². The second-order valence-corrected chi connectivity index (χ2v) is 8.74. The van der Waals surface area contributed by atoms with Crippen molar-refractivity contribution in [3.63, 3.8) is 0 Å². The molecule has 3 N–H and O–H groups in total. The van der Waals surface area contributed by atoms with E-state index in [0.717, 1.165) is 11.6 Å². The number of esters is 1. The van der Waals surface area contributed by atoms with Gasteiger partial charge in [-0.1, -0.05) is 29.8 Å². The molecule has 1 atom stereocenters. The Kier molecular flexibility index (Phi) is 5.99. The number of urea groups is 1. The van der Waals surface area contributed by atoms with Crippen LogP contribution in [0.1, 0.15) is 22.8 Å². The smallest absolute Gasteiger partial charge is 0.338 e. The summed E-state index contributed by atoms with van der Waals surface area (Å²) in [4.78, 5) is 34.5. The van der Waals surface area contributed by atoms with Gasteiger partial charge in [0.05, 0.1) is 16.3 Å². The first-order chi connectivity index (χ1) is 14.1. The molecular formula is C19H18ClN3O6S. The zero-order valence-corrected chi connectivity index (χ0v) is 17.4. The molecule has 2 aromatic carbocycles. The van der Waals surface area contributed by atoms with Crippen LogP contribution in [-0.4, -0.2) is 39.0 Å². The Balaban J connectivity index is 1.88. The van der Waals surface area contributed by atoms with Crippen LogP contribution in [-0.2, 0) is 26.0 Å². The predicted molar refractivity (Wildman–Crippen MR) is 109 cm³/mol. The summed E-state index contributed by atoms with van der Waals surface area (Å²) in [5.74, 6) is -1.87. The second kappa shape index (κ2) is 8.33. The quantitative estimate of drug-likeness (QED) is 0.665. The topological polar surface area (TPSA) is 136 Å². The number of imide groups is 1. The number of nitrogens with two attached hydrogens (primary N) is 1. The average Bonchev–Trinajstić information content (AvgIpc) is 3.12. The van der Waals surface area contributed by atoms with Crippen LogP contribution in [0.3, 0.4) is 0 Å². The first-order valence-electron chi connectivity index (χ1n) is 8.82. The molecule has 11 heteroatoms. The van der Waals surface area contributed by atoms with Crippen LogP contribution in [0.15, 0.2) is 47.4 Å². The fourth-order valence-corrected chi connectivity index (χ4v) is 5.02. The van der Waals surface area contributed by atoms with Gasteiger partial charge in [-0.25, -0.2) is 18.0 Å². The van der Waals surface area contributed by atoms with Gasteiger partial charge in [0, 0.05) is 6.54 Å². The first kappa shape index (κ1) is 21.6. The van der Waals surface area contributed by atoms with E-state index in [4.69, 9.17) is 22.1 Å². The molecule has 3 amide bonds. The van der Waals surface area contributed by atoms with Crippen molar-refractivity contribution in [2.45, 2.75) is 24.3 Å². The van der Waals surface area contributed by atoms with Gasteiger partial charge in [0.15, 0.2) is 6.10 Å². The molecule has 0 radical (unpaired) electrons. The van der Waals surface area contributed by atoms with Crippen LogP contribution < -0.4 is 15.4 Å². The molecule has 158 valence electrons. The SMILES string of the molecule is C[C@H](OC(=O)c1ccc(Cl)c(S(=O)(=O)N2CCc3ccccc32)c1)C(=O)NC(N)=O. The monoisotopic (exact) mass is 451 g/mol. The lowest BCUT2D eigenvalue weighted by molar-refractivity contribution is -0.127. The molecule has 0 bridgehead atoms. The summed E-state index contributed by atoms with van der Waals surface area (Å²) in [6, 6.07) is 9.66. The van der Waals surface area contributed by atoms with Crippen LogP contribution in [0.25, 0.3) is 0 Å². The van der Waals surface area contributed by atoms with E-state index in [0.29, 0.717) is 12.1 Å². The molecule has 0 saturated heterocycles. The highest BCUT2D eigenvalue weighted by Crippen LogP contribution is 2.35. The van der Waals surface area contributed by atoms with Gasteiger partial charge in [-0.2, -0.15) is 0 Å². The van der Waals surface area contributed by atoms with E-state index in [-0.39, 0.29) is 22.0 Å². The number of nitrogens with one attached hydrogen (secondary N) is 1. The molecule has 0 aromatic heterocycles. The van der Waals surface area contributed by atoms with Crippen molar-refractivity contribution in [1.29, 1.82) is 0 Å². The summed E-state index contributed by atoms with van der Waals surface area (Å²) in [6.45, 7) is 1.49. The number of hydrogen-bond acceptors (Lipinski definition) is 6. The van der Waals surface area contributed by atoms with Gasteiger partial charge in [-0.3, -0.25) is 14.4 Å². The van der Waals surface area contributed by atoms with Crippen molar-refractivity contribution in [2.75, 3.05) is 10.8 Å². The fraction of sp³-hybridized carbons (Fsp3) is 0.211. The Morgan fingerprint density at radius 3 is 2.60 bits per heavy atom. The summed E-state index contributed by atoms with van der Waals surface area (Å²) in [5.41, 5.74) is 6.18. The van der Waals surface area contributed by atoms with E-state index in [1.807, 2.05) is 12.1 Å². The third-order valence-electron chi connectivity index (χ3n) is 4.48. The molecule has 30 heavy (non-hydrogen) atoms. The van der Waals surface area contributed by atoms with Gasteiger partial charge in [-0.05, 0) is 43.2 Å². The number of fused-ring (bicyclic) bond motifs is 1. The van der Waals surface area contributed by atoms with E-state index in [2.05, 4.69) is 0 Å². The van der Waals surface area contributed by atoms with Crippen molar-refractivity contribution in [3.8, 4) is 0 Å². The molecule has 0 spiro atoms. The van der Waals surface area contributed by atoms with Gasteiger partial charge in [0.1, 0.15) is 4.90 Å². The number of ether oxygens (including phenoxy) is 1. The number of anilines is 1. The zero-order chi connectivity index (χ0) is 22.1. The lowest BCUT2D eigenvalue weighted by atomic mass is 10.2. The molecule has 0 saturated carbocycles. The number of nitrogens with zero attached hydrogens (tertiary/aromatic N) is 1. The first-order valence-corrected chi connectivity index (χ1v) is 10.6. The minimum absolute atomic E-state index is 0.0598. The lowest BCUT2D eigenvalue weighted by Crippen LogP contribution is -2.42. The number of halogens is 1. The Morgan fingerprint density at radius 1 is 1.20 bits per heavy atom. The Hall–Kier alpha value is -3.11. The van der Waals surface area contributed by atoms with Crippen molar-refractivity contribution in [3.05, 3.63) is 58.6 Å². The molecule has 0 fully saturated rings. The molecule has 1 aliphatic rings. The second-order valence-electron chi connectivity index (χ2n) is 6.50. The predicted octanol–water partition coefficient (Wildman–Crippen LogP) is 1.83. The van der Waals surface area contributed by atoms with E-state index >= 15 is 0 Å². The number of hydrogen-bond donors (Lipinski definition) is 2. The number of primary amides is 1. The molecule has 2 aromatic rings. The van der Waals surface area contributed by atoms with Gasteiger partial charge in [0.2, 0.25) is 0 Å². The minimum atomic E-state index is -4.05. The average molecular weight is 452 g/mol. The minimum Gasteiger partial charge on any atom is -0.449 e. The number of carbonyl (C=O) groups is 3. The summed E-state index contributed by atoms with van der Waals surface area (Å²) >= 11 is 6.13. The van der Waals surface area contributed by atoms with E-state index in [1.54, 1.807) is 17.4 Å². The van der Waals surface area contributed by atoms with Crippen LogP contribution in [0.2, 0.25) is 5.02 Å². The maximum Gasteiger partial charge on any atom is 0.338 e. The van der Waals surface area contributed by atoms with Gasteiger partial charge in [0.25, 0.3) is 15.9 Å². The number of amides is 3. The van der Waals surface area contributed by atoms with Gasteiger partial charge in [-0.15, -0.1) is 0 Å². The van der Waals surface area contributed by atoms with E-state index in [9.17, 15) is 22.8 Å². The molecule has 1 aliphatic heterocycles. The maximum absolute atomic E-state index is 13.2. The molecule has 3 rings (SSSR count). The number of carbonyl (C=O) groups excluding carboxylic acids is 3. The highest BCUT2D eigenvalue weighted by molar-refractivity contribution is 7.93. The van der Waals surface area contributed by atoms with Crippen LogP contribution >= 0.6 is 11.6 Å². The fourth-order valence-electron chi connectivity index (χ4n) is 3.01. The lowest BCUT2D eigenvalue weighted by Gasteiger charge is -2.20. The molecule has 0 unspecified atom stereocenters. The molecule has 0 aliphatic carbocycles. The van der Waals surface area contributed by atoms with E-state index in [1.165, 1.54) is 23.4 Å². The highest BCUT2D eigenvalue weighted by Gasteiger charge is 2.33. The molecular weight excluding hydrogens is 434 g/mol. The Labute approximate surface area is 177 Å². The summed E-state index contributed by atoms with van der Waals surface area (Å²) in [6.07, 6.45) is -0.771. The number of sulfonamides is 1. The number of benzene rings is 2. The van der Waals surface area contributed by atoms with Gasteiger partial charge >= 0.3 is 12.0 Å².